The first-order chi connectivity index (χ1) is 9.79. The first-order valence-electron chi connectivity index (χ1n) is 5.69. The summed E-state index contributed by atoms with van der Waals surface area (Å²) in [6.07, 6.45) is 0. The van der Waals surface area contributed by atoms with Crippen LogP contribution in [0.15, 0.2) is 28.1 Å². The van der Waals surface area contributed by atoms with Crippen molar-refractivity contribution in [2.75, 3.05) is 0 Å². The summed E-state index contributed by atoms with van der Waals surface area (Å²) in [5.41, 5.74) is -0.477. The highest BCUT2D eigenvalue weighted by Gasteiger charge is 2.23. The summed E-state index contributed by atoms with van der Waals surface area (Å²) in [5, 5.41) is 24.5. The molecule has 0 saturated carbocycles. The molecule has 0 unspecified atom stereocenters. The predicted molar refractivity (Wildman–Crippen MR) is 72.1 cm³/mol. The van der Waals surface area contributed by atoms with Crippen LogP contribution in [-0.4, -0.2) is 25.8 Å². The molecule has 2 rings (SSSR count). The summed E-state index contributed by atoms with van der Waals surface area (Å²) in [5.74, 6) is -2.57. The van der Waals surface area contributed by atoms with Gasteiger partial charge in [0.25, 0.3) is 5.69 Å². The standard InChI is InChI=1S/C12H10FN3O4S/c1-6-3-11(15(2)14-6)21-10-5-8(13)7(12(17)18)4-9(10)16(19)20/h3-5H,1-2H3,(H,17,18). The van der Waals surface area contributed by atoms with E-state index in [-0.39, 0.29) is 4.90 Å². The summed E-state index contributed by atoms with van der Waals surface area (Å²) >= 11 is 0.950. The molecular weight excluding hydrogens is 301 g/mol. The van der Waals surface area contributed by atoms with Crippen LogP contribution in [0, 0.1) is 22.9 Å². The SMILES string of the molecule is Cc1cc(Sc2cc(F)c(C(=O)O)cc2[N+](=O)[O-])n(C)n1. The Morgan fingerprint density at radius 3 is 2.62 bits per heavy atom. The van der Waals surface area contributed by atoms with Crippen molar-refractivity contribution >= 4 is 23.4 Å². The fraction of sp³-hybridized carbons (Fsp3) is 0.167. The summed E-state index contributed by atoms with van der Waals surface area (Å²) < 4.78 is 15.2. The molecule has 1 heterocycles. The predicted octanol–water partition coefficient (Wildman–Crippen LogP) is 2.63. The number of nitrogens with zero attached hydrogens (tertiary/aromatic N) is 3. The molecule has 0 spiro atoms. The van der Waals surface area contributed by atoms with Gasteiger partial charge in [0.2, 0.25) is 0 Å². The highest BCUT2D eigenvalue weighted by Crippen LogP contribution is 2.36. The maximum absolute atomic E-state index is 13.7. The van der Waals surface area contributed by atoms with E-state index >= 15 is 0 Å². The van der Waals surface area contributed by atoms with E-state index in [2.05, 4.69) is 5.10 Å². The van der Waals surface area contributed by atoms with E-state index in [4.69, 9.17) is 5.11 Å². The molecule has 0 aliphatic heterocycles. The molecule has 2 aromatic rings. The van der Waals surface area contributed by atoms with Crippen LogP contribution in [0.3, 0.4) is 0 Å². The topological polar surface area (TPSA) is 98.3 Å². The van der Waals surface area contributed by atoms with Crippen molar-refractivity contribution in [3.63, 3.8) is 0 Å². The number of aryl methyl sites for hydroxylation is 2. The second kappa shape index (κ2) is 5.52. The summed E-state index contributed by atoms with van der Waals surface area (Å²) in [7, 11) is 1.66. The van der Waals surface area contributed by atoms with Crippen molar-refractivity contribution in [1.82, 2.24) is 9.78 Å². The molecule has 0 saturated heterocycles. The van der Waals surface area contributed by atoms with E-state index in [1.165, 1.54) is 4.68 Å². The molecule has 9 heteroatoms. The lowest BCUT2D eigenvalue weighted by Crippen LogP contribution is -2.03. The van der Waals surface area contributed by atoms with Crippen molar-refractivity contribution in [1.29, 1.82) is 0 Å². The number of carbonyl (C=O) groups is 1. The molecule has 1 aromatic carbocycles. The van der Waals surface area contributed by atoms with Crippen molar-refractivity contribution in [3.8, 4) is 0 Å². The van der Waals surface area contributed by atoms with Gasteiger partial charge in [-0.2, -0.15) is 5.10 Å². The number of carboxylic acid groups (broad SMARTS) is 1. The second-order valence-corrected chi connectivity index (χ2v) is 5.27. The van der Waals surface area contributed by atoms with Crippen LogP contribution < -0.4 is 0 Å². The first kappa shape index (κ1) is 15.0. The Bertz CT molecular complexity index is 744. The molecule has 1 aromatic heterocycles. The molecule has 7 nitrogen and oxygen atoms in total. The van der Waals surface area contributed by atoms with Crippen LogP contribution in [0.1, 0.15) is 16.1 Å². The first-order valence-corrected chi connectivity index (χ1v) is 6.51. The zero-order valence-electron chi connectivity index (χ0n) is 11.0. The largest absolute Gasteiger partial charge is 0.478 e. The van der Waals surface area contributed by atoms with Crippen LogP contribution in [0.25, 0.3) is 0 Å². The highest BCUT2D eigenvalue weighted by molar-refractivity contribution is 7.99. The van der Waals surface area contributed by atoms with E-state index in [1.807, 2.05) is 0 Å². The van der Waals surface area contributed by atoms with Crippen molar-refractivity contribution in [2.24, 2.45) is 7.05 Å². The van der Waals surface area contributed by atoms with E-state index in [9.17, 15) is 19.3 Å². The average molecular weight is 311 g/mol. The number of halogens is 1. The maximum atomic E-state index is 13.7. The number of aromatic nitrogens is 2. The second-order valence-electron chi connectivity index (χ2n) is 4.21. The number of hydrogen-bond donors (Lipinski definition) is 1. The highest BCUT2D eigenvalue weighted by atomic mass is 32.2. The smallest absolute Gasteiger partial charge is 0.338 e. The molecule has 0 radical (unpaired) electrons. The minimum Gasteiger partial charge on any atom is -0.478 e. The molecule has 0 aliphatic carbocycles. The molecule has 0 fully saturated rings. The van der Waals surface area contributed by atoms with E-state index in [0.717, 1.165) is 23.9 Å². The minimum absolute atomic E-state index is 0.0190. The van der Waals surface area contributed by atoms with Gasteiger partial charge in [-0.05, 0) is 19.1 Å². The quantitative estimate of drug-likeness (QED) is 0.688. The Hall–Kier alpha value is -2.42. The zero-order chi connectivity index (χ0) is 15.7. The lowest BCUT2D eigenvalue weighted by Gasteiger charge is -2.05. The van der Waals surface area contributed by atoms with Crippen LogP contribution in [-0.2, 0) is 7.05 Å². The van der Waals surface area contributed by atoms with Crippen molar-refractivity contribution in [3.05, 3.63) is 45.4 Å². The molecule has 0 amide bonds. The summed E-state index contributed by atoms with van der Waals surface area (Å²) in [6, 6.07) is 3.27. The third-order valence-electron chi connectivity index (χ3n) is 2.65. The fourth-order valence-electron chi connectivity index (χ4n) is 1.73. The normalized spacial score (nSPS) is 10.6. The Labute approximate surface area is 122 Å². The molecule has 1 N–H and O–H groups in total. The third kappa shape index (κ3) is 3.02. The summed E-state index contributed by atoms with van der Waals surface area (Å²) in [4.78, 5) is 21.2. The minimum atomic E-state index is -1.55. The number of hydrogen-bond acceptors (Lipinski definition) is 5. The molecular formula is C12H10FN3O4S. The van der Waals surface area contributed by atoms with E-state index in [0.29, 0.717) is 10.7 Å². The number of rotatable bonds is 4. The Morgan fingerprint density at radius 1 is 1.48 bits per heavy atom. The van der Waals surface area contributed by atoms with Gasteiger partial charge in [-0.15, -0.1) is 0 Å². The van der Waals surface area contributed by atoms with Gasteiger partial charge in [-0.25, -0.2) is 9.18 Å². The van der Waals surface area contributed by atoms with Gasteiger partial charge in [0.1, 0.15) is 11.4 Å². The van der Waals surface area contributed by atoms with Crippen LogP contribution in [0.5, 0.6) is 0 Å². The van der Waals surface area contributed by atoms with E-state index < -0.39 is 28.0 Å². The van der Waals surface area contributed by atoms with E-state index in [1.54, 1.807) is 20.0 Å². The monoisotopic (exact) mass is 311 g/mol. The van der Waals surface area contributed by atoms with Gasteiger partial charge < -0.3 is 5.11 Å². The summed E-state index contributed by atoms with van der Waals surface area (Å²) in [6.45, 7) is 1.76. The molecule has 0 atom stereocenters. The number of aromatic carboxylic acids is 1. The molecule has 21 heavy (non-hydrogen) atoms. The number of nitro benzene ring substituents is 1. The average Bonchev–Trinajstić information content (AvgIpc) is 2.67. The third-order valence-corrected chi connectivity index (χ3v) is 3.79. The van der Waals surface area contributed by atoms with Crippen LogP contribution >= 0.6 is 11.8 Å². The van der Waals surface area contributed by atoms with Gasteiger partial charge in [0.05, 0.1) is 20.5 Å². The lowest BCUT2D eigenvalue weighted by molar-refractivity contribution is -0.387. The Kier molecular flexibility index (Phi) is 3.94. The Balaban J connectivity index is 2.52. The van der Waals surface area contributed by atoms with Gasteiger partial charge in [0, 0.05) is 13.1 Å². The fourth-order valence-corrected chi connectivity index (χ4v) is 2.76. The van der Waals surface area contributed by atoms with Gasteiger partial charge in [0.15, 0.2) is 0 Å². The maximum Gasteiger partial charge on any atom is 0.338 e. The molecule has 0 aliphatic rings. The van der Waals surface area contributed by atoms with Gasteiger partial charge >= 0.3 is 5.97 Å². The number of nitro groups is 1. The zero-order valence-corrected chi connectivity index (χ0v) is 11.8. The van der Waals surface area contributed by atoms with Gasteiger partial charge in [-0.1, -0.05) is 11.8 Å². The van der Waals surface area contributed by atoms with Crippen molar-refractivity contribution < 1.29 is 19.2 Å². The number of benzene rings is 1. The molecule has 110 valence electrons. The Morgan fingerprint density at radius 2 is 2.14 bits per heavy atom. The van der Waals surface area contributed by atoms with Crippen LogP contribution in [0.4, 0.5) is 10.1 Å². The number of carboxylic acids is 1. The van der Waals surface area contributed by atoms with Crippen molar-refractivity contribution in [2.45, 2.75) is 16.8 Å². The van der Waals surface area contributed by atoms with Crippen LogP contribution in [0.2, 0.25) is 0 Å². The van der Waals surface area contributed by atoms with Gasteiger partial charge in [-0.3, -0.25) is 14.8 Å². The molecule has 0 bridgehead atoms. The lowest BCUT2D eigenvalue weighted by atomic mass is 10.2.